The second kappa shape index (κ2) is 7.77. The van der Waals surface area contributed by atoms with E-state index in [-0.39, 0.29) is 16.7 Å². The van der Waals surface area contributed by atoms with E-state index in [4.69, 9.17) is 20.8 Å². The number of anilines is 1. The number of hydrogen-bond acceptors (Lipinski definition) is 5. The van der Waals surface area contributed by atoms with Gasteiger partial charge >= 0.3 is 5.97 Å². The van der Waals surface area contributed by atoms with Crippen molar-refractivity contribution in [3.05, 3.63) is 75.1 Å². The van der Waals surface area contributed by atoms with Crippen LogP contribution in [0.5, 0.6) is 0 Å². The van der Waals surface area contributed by atoms with Gasteiger partial charge in [0, 0.05) is 17.2 Å². The molecule has 0 bridgehead atoms. The van der Waals surface area contributed by atoms with Gasteiger partial charge in [0.05, 0.1) is 11.1 Å². The Morgan fingerprint density at radius 1 is 1.14 bits per heavy atom. The van der Waals surface area contributed by atoms with Crippen LogP contribution >= 0.6 is 11.6 Å². The van der Waals surface area contributed by atoms with Crippen LogP contribution in [-0.2, 0) is 9.53 Å². The number of halogens is 3. The molecule has 9 heteroatoms. The maximum Gasteiger partial charge on any atom is 0.375 e. The average Bonchev–Trinajstić information content (AvgIpc) is 2.64. The summed E-state index contributed by atoms with van der Waals surface area (Å²) in [4.78, 5) is 36.4. The summed E-state index contributed by atoms with van der Waals surface area (Å²) in [6, 6.07) is 7.81. The minimum Gasteiger partial charge on any atom is -0.449 e. The Kier molecular flexibility index (Phi) is 5.41. The topological polar surface area (TPSA) is 85.6 Å². The minimum absolute atomic E-state index is 0.120. The van der Waals surface area contributed by atoms with Crippen molar-refractivity contribution in [1.82, 2.24) is 0 Å². The van der Waals surface area contributed by atoms with E-state index in [9.17, 15) is 23.2 Å². The monoisotopic (exact) mass is 407 g/mol. The molecule has 0 aliphatic carbocycles. The summed E-state index contributed by atoms with van der Waals surface area (Å²) in [6.07, 6.45) is -1.34. The predicted octanol–water partition coefficient (Wildman–Crippen LogP) is 3.91. The lowest BCUT2D eigenvalue weighted by atomic mass is 10.2. The normalized spacial score (nSPS) is 11.9. The van der Waals surface area contributed by atoms with E-state index >= 15 is 0 Å². The summed E-state index contributed by atoms with van der Waals surface area (Å²) in [7, 11) is 0. The predicted molar refractivity (Wildman–Crippen MR) is 97.4 cm³/mol. The number of nitrogens with one attached hydrogen (secondary N) is 1. The van der Waals surface area contributed by atoms with Gasteiger partial charge in [-0.05, 0) is 37.3 Å². The van der Waals surface area contributed by atoms with Gasteiger partial charge < -0.3 is 14.5 Å². The second-order valence-corrected chi connectivity index (χ2v) is 6.21. The van der Waals surface area contributed by atoms with Crippen LogP contribution in [0.4, 0.5) is 14.5 Å². The summed E-state index contributed by atoms with van der Waals surface area (Å²) < 4.78 is 36.8. The molecule has 1 atom stereocenters. The zero-order chi connectivity index (χ0) is 20.4. The SMILES string of the molecule is C[C@H](OC(=O)c1cc(=O)c2cc(Cl)ccc2o1)C(=O)Nc1ccc(F)cc1F. The van der Waals surface area contributed by atoms with Crippen molar-refractivity contribution in [2.24, 2.45) is 0 Å². The number of amides is 1. The van der Waals surface area contributed by atoms with Crippen LogP contribution in [-0.4, -0.2) is 18.0 Å². The first-order valence-corrected chi connectivity index (χ1v) is 8.32. The van der Waals surface area contributed by atoms with Crippen LogP contribution in [0.15, 0.2) is 51.7 Å². The van der Waals surface area contributed by atoms with Gasteiger partial charge in [0.25, 0.3) is 5.91 Å². The Hall–Kier alpha value is -3.26. The van der Waals surface area contributed by atoms with Crippen LogP contribution in [0, 0.1) is 11.6 Å². The third-order valence-electron chi connectivity index (χ3n) is 3.73. The zero-order valence-electron chi connectivity index (χ0n) is 14.3. The average molecular weight is 408 g/mol. The number of carbonyl (C=O) groups excluding carboxylic acids is 2. The highest BCUT2D eigenvalue weighted by atomic mass is 35.5. The van der Waals surface area contributed by atoms with Gasteiger partial charge in [-0.1, -0.05) is 11.6 Å². The van der Waals surface area contributed by atoms with Gasteiger partial charge in [-0.15, -0.1) is 0 Å². The Bertz CT molecular complexity index is 1140. The van der Waals surface area contributed by atoms with Gasteiger partial charge in [0.2, 0.25) is 5.76 Å². The molecule has 28 heavy (non-hydrogen) atoms. The lowest BCUT2D eigenvalue weighted by molar-refractivity contribution is -0.123. The molecule has 1 heterocycles. The van der Waals surface area contributed by atoms with Crippen molar-refractivity contribution in [2.45, 2.75) is 13.0 Å². The molecule has 1 aromatic heterocycles. The molecule has 1 amide bonds. The molecule has 0 unspecified atom stereocenters. The van der Waals surface area contributed by atoms with Gasteiger partial charge in [-0.2, -0.15) is 0 Å². The van der Waals surface area contributed by atoms with E-state index < -0.39 is 40.8 Å². The summed E-state index contributed by atoms with van der Waals surface area (Å²) in [6.45, 7) is 1.24. The van der Waals surface area contributed by atoms with Crippen LogP contribution in [0.3, 0.4) is 0 Å². The van der Waals surface area contributed by atoms with Crippen molar-refractivity contribution in [3.8, 4) is 0 Å². The molecule has 0 aliphatic heterocycles. The lowest BCUT2D eigenvalue weighted by Crippen LogP contribution is -2.30. The standard InChI is InChI=1S/C19H12ClF2NO5/c1-9(18(25)23-14-4-3-11(21)7-13(14)22)27-19(26)17-8-15(24)12-6-10(20)2-5-16(12)28-17/h2-9H,1H3,(H,23,25)/t9-/m0/s1. The number of hydrogen-bond donors (Lipinski definition) is 1. The quantitative estimate of drug-likeness (QED) is 0.663. The van der Waals surface area contributed by atoms with E-state index in [2.05, 4.69) is 5.32 Å². The maximum atomic E-state index is 13.6. The van der Waals surface area contributed by atoms with Crippen molar-refractivity contribution in [2.75, 3.05) is 5.32 Å². The number of esters is 1. The molecule has 0 radical (unpaired) electrons. The largest absolute Gasteiger partial charge is 0.449 e. The van der Waals surface area contributed by atoms with Gasteiger partial charge in [0.15, 0.2) is 11.5 Å². The number of ether oxygens (including phenoxy) is 1. The summed E-state index contributed by atoms with van der Waals surface area (Å²) in [5.74, 6) is -4.11. The molecule has 6 nitrogen and oxygen atoms in total. The van der Waals surface area contributed by atoms with E-state index in [1.807, 2.05) is 0 Å². The molecule has 2 aromatic carbocycles. The number of carbonyl (C=O) groups is 2. The van der Waals surface area contributed by atoms with E-state index in [0.717, 1.165) is 18.2 Å². The second-order valence-electron chi connectivity index (χ2n) is 5.78. The molecule has 144 valence electrons. The molecule has 3 rings (SSSR count). The summed E-state index contributed by atoms with van der Waals surface area (Å²) in [5.41, 5.74) is -0.668. The molecular formula is C19H12ClF2NO5. The fourth-order valence-electron chi connectivity index (χ4n) is 2.33. The van der Waals surface area contributed by atoms with Crippen molar-refractivity contribution >= 4 is 40.1 Å². The third-order valence-corrected chi connectivity index (χ3v) is 3.97. The van der Waals surface area contributed by atoms with Gasteiger partial charge in [-0.25, -0.2) is 13.6 Å². The highest BCUT2D eigenvalue weighted by Crippen LogP contribution is 2.19. The Morgan fingerprint density at radius 3 is 2.61 bits per heavy atom. The first kappa shape index (κ1) is 19.5. The molecule has 1 N–H and O–H groups in total. The first-order chi connectivity index (χ1) is 13.2. The molecule has 0 spiro atoms. The van der Waals surface area contributed by atoms with Crippen LogP contribution in [0.1, 0.15) is 17.5 Å². The fourth-order valence-corrected chi connectivity index (χ4v) is 2.50. The number of fused-ring (bicyclic) bond motifs is 1. The molecular weight excluding hydrogens is 396 g/mol. The molecule has 3 aromatic rings. The summed E-state index contributed by atoms with van der Waals surface area (Å²) >= 11 is 5.82. The molecule has 0 fully saturated rings. The third kappa shape index (κ3) is 4.17. The van der Waals surface area contributed by atoms with Crippen molar-refractivity contribution < 1.29 is 27.5 Å². The molecule has 0 aliphatic rings. The number of benzene rings is 2. The van der Waals surface area contributed by atoms with E-state index in [0.29, 0.717) is 11.1 Å². The van der Waals surface area contributed by atoms with Gasteiger partial charge in [-0.3, -0.25) is 9.59 Å². The Balaban J connectivity index is 1.74. The highest BCUT2D eigenvalue weighted by Gasteiger charge is 2.22. The minimum atomic E-state index is -1.34. The fraction of sp³-hybridized carbons (Fsp3) is 0.105. The Morgan fingerprint density at radius 2 is 1.89 bits per heavy atom. The first-order valence-electron chi connectivity index (χ1n) is 7.95. The maximum absolute atomic E-state index is 13.6. The van der Waals surface area contributed by atoms with E-state index in [1.54, 1.807) is 0 Å². The van der Waals surface area contributed by atoms with Crippen molar-refractivity contribution in [1.29, 1.82) is 0 Å². The zero-order valence-corrected chi connectivity index (χ0v) is 15.0. The summed E-state index contributed by atoms with van der Waals surface area (Å²) in [5, 5.41) is 2.69. The molecule has 0 saturated carbocycles. The van der Waals surface area contributed by atoms with Crippen LogP contribution in [0.25, 0.3) is 11.0 Å². The smallest absolute Gasteiger partial charge is 0.375 e. The molecule has 0 saturated heterocycles. The highest BCUT2D eigenvalue weighted by molar-refractivity contribution is 6.31. The van der Waals surface area contributed by atoms with Crippen LogP contribution in [0.2, 0.25) is 5.02 Å². The van der Waals surface area contributed by atoms with Crippen LogP contribution < -0.4 is 10.7 Å². The lowest BCUT2D eigenvalue weighted by Gasteiger charge is -2.13. The van der Waals surface area contributed by atoms with Crippen molar-refractivity contribution in [3.63, 3.8) is 0 Å². The van der Waals surface area contributed by atoms with Gasteiger partial charge in [0.1, 0.15) is 17.2 Å². The number of rotatable bonds is 4. The Labute approximate surface area is 161 Å². The van der Waals surface area contributed by atoms with E-state index in [1.165, 1.54) is 25.1 Å².